The first-order valence-corrected chi connectivity index (χ1v) is 6.45. The lowest BCUT2D eigenvalue weighted by atomic mass is 10.1. The van der Waals surface area contributed by atoms with E-state index in [4.69, 9.17) is 10.5 Å². The van der Waals surface area contributed by atoms with E-state index in [1.165, 1.54) is 6.07 Å². The topological polar surface area (TPSA) is 38.5 Å². The number of halogens is 1. The molecule has 0 aromatic heterocycles. The lowest BCUT2D eigenvalue weighted by Crippen LogP contribution is -2.36. The van der Waals surface area contributed by atoms with E-state index in [0.717, 1.165) is 43.7 Å². The first-order valence-electron chi connectivity index (χ1n) is 6.45. The molecule has 1 aromatic carbocycles. The van der Waals surface area contributed by atoms with Crippen LogP contribution in [0.4, 0.5) is 4.39 Å². The van der Waals surface area contributed by atoms with E-state index in [1.54, 1.807) is 6.07 Å². The van der Waals surface area contributed by atoms with E-state index < -0.39 is 0 Å². The van der Waals surface area contributed by atoms with Gasteiger partial charge in [-0.25, -0.2) is 4.39 Å². The largest absolute Gasteiger partial charge is 0.381 e. The molecule has 0 spiro atoms. The summed E-state index contributed by atoms with van der Waals surface area (Å²) in [7, 11) is 2.09. The van der Waals surface area contributed by atoms with Crippen molar-refractivity contribution in [1.29, 1.82) is 0 Å². The van der Waals surface area contributed by atoms with Crippen LogP contribution in [0.1, 0.15) is 24.0 Å². The number of nitrogens with two attached hydrogens (primary N) is 1. The molecule has 18 heavy (non-hydrogen) atoms. The van der Waals surface area contributed by atoms with Gasteiger partial charge in [-0.2, -0.15) is 0 Å². The Labute approximate surface area is 108 Å². The zero-order valence-corrected chi connectivity index (χ0v) is 10.9. The van der Waals surface area contributed by atoms with Crippen molar-refractivity contribution in [2.45, 2.75) is 32.0 Å². The molecule has 1 fully saturated rings. The summed E-state index contributed by atoms with van der Waals surface area (Å²) in [6.07, 6.45) is 2.10. The molecule has 1 aliphatic rings. The molecule has 4 heteroatoms. The predicted octanol–water partition coefficient (Wildman–Crippen LogP) is 1.90. The van der Waals surface area contributed by atoms with E-state index in [9.17, 15) is 4.39 Å². The highest BCUT2D eigenvalue weighted by Crippen LogP contribution is 2.17. The monoisotopic (exact) mass is 252 g/mol. The molecule has 0 radical (unpaired) electrons. The molecular formula is C14H21FN2O. The van der Waals surface area contributed by atoms with Crippen LogP contribution in [0.3, 0.4) is 0 Å². The average Bonchev–Trinajstić information content (AvgIpc) is 2.39. The van der Waals surface area contributed by atoms with Crippen molar-refractivity contribution in [1.82, 2.24) is 4.90 Å². The van der Waals surface area contributed by atoms with Crippen LogP contribution in [0.25, 0.3) is 0 Å². The van der Waals surface area contributed by atoms with Gasteiger partial charge < -0.3 is 10.5 Å². The molecule has 1 heterocycles. The van der Waals surface area contributed by atoms with Crippen molar-refractivity contribution in [3.8, 4) is 0 Å². The summed E-state index contributed by atoms with van der Waals surface area (Å²) in [6.45, 7) is 2.79. The Kier molecular flexibility index (Phi) is 4.69. The molecule has 0 atom stereocenters. The van der Waals surface area contributed by atoms with E-state index in [-0.39, 0.29) is 5.82 Å². The van der Waals surface area contributed by atoms with Crippen LogP contribution in [0.2, 0.25) is 0 Å². The Morgan fingerprint density at radius 2 is 1.94 bits per heavy atom. The second-order valence-electron chi connectivity index (χ2n) is 4.93. The number of nitrogens with zero attached hydrogens (tertiary/aromatic N) is 1. The van der Waals surface area contributed by atoms with Crippen molar-refractivity contribution >= 4 is 0 Å². The zero-order valence-electron chi connectivity index (χ0n) is 10.9. The third-order valence-corrected chi connectivity index (χ3v) is 3.50. The minimum atomic E-state index is -0.201. The second kappa shape index (κ2) is 6.27. The Bertz CT molecular complexity index is 391. The second-order valence-corrected chi connectivity index (χ2v) is 4.93. The third-order valence-electron chi connectivity index (χ3n) is 3.50. The molecule has 0 bridgehead atoms. The van der Waals surface area contributed by atoms with Gasteiger partial charge in [-0.05, 0) is 43.1 Å². The summed E-state index contributed by atoms with van der Waals surface area (Å²) in [5.41, 5.74) is 7.41. The van der Waals surface area contributed by atoms with E-state index >= 15 is 0 Å². The van der Waals surface area contributed by atoms with Gasteiger partial charge in [-0.1, -0.05) is 6.07 Å². The van der Waals surface area contributed by atoms with Gasteiger partial charge in [-0.3, -0.25) is 4.90 Å². The Balaban J connectivity index is 2.01. The van der Waals surface area contributed by atoms with E-state index in [1.807, 2.05) is 6.07 Å². The minimum absolute atomic E-state index is 0.201. The first-order chi connectivity index (χ1) is 8.69. The van der Waals surface area contributed by atoms with Crippen molar-refractivity contribution in [3.63, 3.8) is 0 Å². The Morgan fingerprint density at radius 1 is 1.28 bits per heavy atom. The smallest absolute Gasteiger partial charge is 0.123 e. The van der Waals surface area contributed by atoms with E-state index in [0.29, 0.717) is 12.6 Å². The lowest BCUT2D eigenvalue weighted by Gasteiger charge is -2.31. The highest BCUT2D eigenvalue weighted by molar-refractivity contribution is 5.24. The van der Waals surface area contributed by atoms with Crippen molar-refractivity contribution in [2.75, 3.05) is 20.3 Å². The van der Waals surface area contributed by atoms with Gasteiger partial charge in [0.2, 0.25) is 0 Å². The number of rotatable bonds is 4. The summed E-state index contributed by atoms with van der Waals surface area (Å²) in [6, 6.07) is 5.61. The highest BCUT2D eigenvalue weighted by atomic mass is 19.1. The summed E-state index contributed by atoms with van der Waals surface area (Å²) < 4.78 is 18.8. The Hall–Kier alpha value is -0.970. The molecule has 1 aromatic rings. The number of benzene rings is 1. The van der Waals surface area contributed by atoms with Crippen LogP contribution >= 0.6 is 0 Å². The van der Waals surface area contributed by atoms with Crippen LogP contribution < -0.4 is 5.73 Å². The summed E-state index contributed by atoms with van der Waals surface area (Å²) in [4.78, 5) is 2.28. The first kappa shape index (κ1) is 13.5. The molecule has 1 saturated heterocycles. The maximum atomic E-state index is 13.4. The molecule has 100 valence electrons. The molecule has 3 nitrogen and oxygen atoms in total. The fourth-order valence-electron chi connectivity index (χ4n) is 2.47. The summed E-state index contributed by atoms with van der Waals surface area (Å²) in [5, 5.41) is 0. The Morgan fingerprint density at radius 3 is 2.61 bits per heavy atom. The van der Waals surface area contributed by atoms with Crippen LogP contribution in [-0.4, -0.2) is 31.2 Å². The van der Waals surface area contributed by atoms with Crippen LogP contribution in [-0.2, 0) is 17.8 Å². The average molecular weight is 252 g/mol. The van der Waals surface area contributed by atoms with Crippen LogP contribution in [0.5, 0.6) is 0 Å². The third kappa shape index (κ3) is 3.51. The van der Waals surface area contributed by atoms with E-state index in [2.05, 4.69) is 11.9 Å². The SMILES string of the molecule is CN(Cc1cc(F)cc(CN)c1)C1CCOCC1. The number of hydrogen-bond acceptors (Lipinski definition) is 3. The van der Waals surface area contributed by atoms with Gasteiger partial charge in [0.05, 0.1) is 0 Å². The van der Waals surface area contributed by atoms with Gasteiger partial charge in [0.1, 0.15) is 5.82 Å². The number of hydrogen-bond donors (Lipinski definition) is 1. The molecular weight excluding hydrogens is 231 g/mol. The maximum absolute atomic E-state index is 13.4. The molecule has 0 unspecified atom stereocenters. The lowest BCUT2D eigenvalue weighted by molar-refractivity contribution is 0.0406. The van der Waals surface area contributed by atoms with Gasteiger partial charge in [0, 0.05) is 32.3 Å². The minimum Gasteiger partial charge on any atom is -0.381 e. The quantitative estimate of drug-likeness (QED) is 0.889. The van der Waals surface area contributed by atoms with Crippen LogP contribution in [0, 0.1) is 5.82 Å². The molecule has 2 rings (SSSR count). The molecule has 1 aliphatic heterocycles. The van der Waals surface area contributed by atoms with Crippen molar-refractivity contribution in [2.24, 2.45) is 5.73 Å². The van der Waals surface area contributed by atoms with Crippen molar-refractivity contribution < 1.29 is 9.13 Å². The van der Waals surface area contributed by atoms with Gasteiger partial charge in [0.15, 0.2) is 0 Å². The maximum Gasteiger partial charge on any atom is 0.123 e. The molecule has 2 N–H and O–H groups in total. The molecule has 0 aliphatic carbocycles. The fourth-order valence-corrected chi connectivity index (χ4v) is 2.47. The van der Waals surface area contributed by atoms with Gasteiger partial charge in [-0.15, -0.1) is 0 Å². The standard InChI is InChI=1S/C14H21FN2O/c1-17(14-2-4-18-5-3-14)10-12-6-11(9-16)7-13(15)8-12/h6-8,14H,2-5,9-10,16H2,1H3. The van der Waals surface area contributed by atoms with Crippen LogP contribution in [0.15, 0.2) is 18.2 Å². The predicted molar refractivity (Wildman–Crippen MR) is 69.6 cm³/mol. The molecule has 0 saturated carbocycles. The summed E-state index contributed by atoms with van der Waals surface area (Å²) in [5.74, 6) is -0.201. The highest BCUT2D eigenvalue weighted by Gasteiger charge is 2.18. The fraction of sp³-hybridized carbons (Fsp3) is 0.571. The normalized spacial score (nSPS) is 17.3. The van der Waals surface area contributed by atoms with Crippen molar-refractivity contribution in [3.05, 3.63) is 35.1 Å². The summed E-state index contributed by atoms with van der Waals surface area (Å²) >= 11 is 0. The molecule has 0 amide bonds. The van der Waals surface area contributed by atoms with Gasteiger partial charge in [0.25, 0.3) is 0 Å². The van der Waals surface area contributed by atoms with Gasteiger partial charge >= 0.3 is 0 Å². The number of ether oxygens (including phenoxy) is 1. The zero-order chi connectivity index (χ0) is 13.0.